The Morgan fingerprint density at radius 2 is 2.09 bits per heavy atom. The van der Waals surface area contributed by atoms with Crippen LogP contribution in [-0.4, -0.2) is 50.7 Å². The van der Waals surface area contributed by atoms with Gasteiger partial charge in [0, 0.05) is 17.5 Å². The lowest BCUT2D eigenvalue weighted by Gasteiger charge is -2.25. The van der Waals surface area contributed by atoms with Gasteiger partial charge in [-0.25, -0.2) is 4.79 Å². The van der Waals surface area contributed by atoms with Gasteiger partial charge in [0.1, 0.15) is 43.7 Å². The molecule has 1 atom stereocenters. The lowest BCUT2D eigenvalue weighted by Crippen LogP contribution is -3.15. The summed E-state index contributed by atoms with van der Waals surface area (Å²) in [6, 6.07) is 6.85. The first-order valence-electron chi connectivity index (χ1n) is 7.88. The van der Waals surface area contributed by atoms with Crippen LogP contribution in [0.3, 0.4) is 0 Å². The molecular weight excluding hydrogens is 298 g/mol. The monoisotopic (exact) mass is 320 g/mol. The topological polar surface area (TPSA) is 73.3 Å². The number of rotatable bonds is 5. The quantitative estimate of drug-likeness (QED) is 0.744. The average molecular weight is 320 g/mol. The van der Waals surface area contributed by atoms with Gasteiger partial charge in [-0.15, -0.1) is 0 Å². The summed E-state index contributed by atoms with van der Waals surface area (Å²) >= 11 is 0. The second kappa shape index (κ2) is 7.12. The Hall–Kier alpha value is -1.89. The third-order valence-electron chi connectivity index (χ3n) is 4.09. The van der Waals surface area contributed by atoms with Crippen LogP contribution in [0.1, 0.15) is 5.56 Å². The molecule has 124 valence electrons. The van der Waals surface area contributed by atoms with E-state index in [-0.39, 0.29) is 12.2 Å². The van der Waals surface area contributed by atoms with Crippen molar-refractivity contribution in [1.29, 1.82) is 0 Å². The molecule has 1 fully saturated rings. The maximum absolute atomic E-state index is 11.4. The summed E-state index contributed by atoms with van der Waals surface area (Å²) in [6.45, 7) is 6.04. The van der Waals surface area contributed by atoms with Gasteiger partial charge in [-0.3, -0.25) is 0 Å². The van der Waals surface area contributed by atoms with Gasteiger partial charge in [0.25, 0.3) is 0 Å². The standard InChI is InChI=1S/C17H21NO5/c1-12-8-17(20)23-16-9-14(2-3-15(12)16)22-11-13(19)10-18-4-6-21-7-5-18/h2-3,8-9,13,19H,4-7,10-11H2,1H3/p+1/t13-/m1/s1. The Bertz CT molecular complexity index is 720. The molecule has 0 bridgehead atoms. The van der Waals surface area contributed by atoms with E-state index in [9.17, 15) is 9.90 Å². The summed E-state index contributed by atoms with van der Waals surface area (Å²) in [6.07, 6.45) is -0.539. The molecule has 3 rings (SSSR count). The zero-order valence-corrected chi connectivity index (χ0v) is 13.2. The van der Waals surface area contributed by atoms with Crippen LogP contribution in [0.5, 0.6) is 5.75 Å². The molecule has 1 saturated heterocycles. The van der Waals surface area contributed by atoms with Crippen LogP contribution in [0.25, 0.3) is 11.0 Å². The number of aliphatic hydroxyl groups is 1. The van der Waals surface area contributed by atoms with E-state index in [4.69, 9.17) is 13.9 Å². The predicted octanol–water partition coefficient (Wildman–Crippen LogP) is -0.244. The number of quaternary nitrogens is 1. The van der Waals surface area contributed by atoms with E-state index >= 15 is 0 Å². The summed E-state index contributed by atoms with van der Waals surface area (Å²) in [5.41, 5.74) is 1.00. The highest BCUT2D eigenvalue weighted by Crippen LogP contribution is 2.22. The van der Waals surface area contributed by atoms with Crippen LogP contribution in [0.2, 0.25) is 0 Å². The lowest BCUT2D eigenvalue weighted by molar-refractivity contribution is -0.911. The first-order valence-corrected chi connectivity index (χ1v) is 7.88. The second-order valence-corrected chi connectivity index (χ2v) is 5.94. The first kappa shape index (κ1) is 16.0. The number of aliphatic hydroxyl groups excluding tert-OH is 1. The number of fused-ring (bicyclic) bond motifs is 1. The second-order valence-electron chi connectivity index (χ2n) is 5.94. The number of hydrogen-bond donors (Lipinski definition) is 2. The fourth-order valence-corrected chi connectivity index (χ4v) is 2.84. The Morgan fingerprint density at radius 1 is 1.30 bits per heavy atom. The summed E-state index contributed by atoms with van der Waals surface area (Å²) < 4.78 is 16.1. The number of hydrogen-bond acceptors (Lipinski definition) is 5. The highest BCUT2D eigenvalue weighted by molar-refractivity contribution is 5.81. The summed E-state index contributed by atoms with van der Waals surface area (Å²) in [7, 11) is 0. The molecule has 0 aliphatic carbocycles. The van der Waals surface area contributed by atoms with Crippen molar-refractivity contribution in [3.63, 3.8) is 0 Å². The van der Waals surface area contributed by atoms with Gasteiger partial charge in [-0.05, 0) is 24.6 Å². The van der Waals surface area contributed by atoms with E-state index in [0.717, 1.165) is 37.3 Å². The molecule has 1 aliphatic rings. The third-order valence-corrected chi connectivity index (χ3v) is 4.09. The highest BCUT2D eigenvalue weighted by atomic mass is 16.5. The van der Waals surface area contributed by atoms with E-state index in [0.29, 0.717) is 17.9 Å². The van der Waals surface area contributed by atoms with E-state index < -0.39 is 6.10 Å². The van der Waals surface area contributed by atoms with Crippen molar-refractivity contribution in [2.45, 2.75) is 13.0 Å². The van der Waals surface area contributed by atoms with Crippen LogP contribution in [0.15, 0.2) is 33.5 Å². The largest absolute Gasteiger partial charge is 0.491 e. The summed E-state index contributed by atoms with van der Waals surface area (Å²) in [5.74, 6) is 0.585. The maximum Gasteiger partial charge on any atom is 0.336 e. The molecule has 2 aromatic rings. The predicted molar refractivity (Wildman–Crippen MR) is 85.1 cm³/mol. The van der Waals surface area contributed by atoms with E-state index in [1.54, 1.807) is 6.07 Å². The fourth-order valence-electron chi connectivity index (χ4n) is 2.84. The van der Waals surface area contributed by atoms with Gasteiger partial charge in [0.15, 0.2) is 0 Å². The molecule has 23 heavy (non-hydrogen) atoms. The Kier molecular flexibility index (Phi) is 4.95. The molecular formula is C17H22NO5+. The zero-order chi connectivity index (χ0) is 16.2. The Morgan fingerprint density at radius 3 is 2.87 bits per heavy atom. The number of ether oxygens (including phenoxy) is 2. The van der Waals surface area contributed by atoms with Gasteiger partial charge in [-0.2, -0.15) is 0 Å². The summed E-state index contributed by atoms with van der Waals surface area (Å²) in [5, 5.41) is 11.0. The van der Waals surface area contributed by atoms with E-state index in [2.05, 4.69) is 0 Å². The first-order chi connectivity index (χ1) is 11.1. The van der Waals surface area contributed by atoms with Crippen molar-refractivity contribution in [2.24, 2.45) is 0 Å². The average Bonchev–Trinajstić information content (AvgIpc) is 2.53. The van der Waals surface area contributed by atoms with Crippen molar-refractivity contribution in [3.05, 3.63) is 40.2 Å². The van der Waals surface area contributed by atoms with Crippen molar-refractivity contribution < 1.29 is 23.9 Å². The SMILES string of the molecule is Cc1cc(=O)oc2cc(OC[C@H](O)C[NH+]3CCOCC3)ccc12. The molecule has 0 saturated carbocycles. The smallest absolute Gasteiger partial charge is 0.336 e. The molecule has 1 aromatic heterocycles. The summed E-state index contributed by atoms with van der Waals surface area (Å²) in [4.78, 5) is 12.8. The normalized spacial score (nSPS) is 17.3. The Balaban J connectivity index is 1.61. The minimum atomic E-state index is -0.539. The van der Waals surface area contributed by atoms with Crippen LogP contribution < -0.4 is 15.3 Å². The minimum Gasteiger partial charge on any atom is -0.491 e. The minimum absolute atomic E-state index is 0.214. The highest BCUT2D eigenvalue weighted by Gasteiger charge is 2.18. The molecule has 0 spiro atoms. The van der Waals surface area contributed by atoms with Gasteiger partial charge in [-0.1, -0.05) is 0 Å². The van der Waals surface area contributed by atoms with Crippen LogP contribution in [0, 0.1) is 6.92 Å². The van der Waals surface area contributed by atoms with E-state index in [1.807, 2.05) is 19.1 Å². The van der Waals surface area contributed by atoms with Crippen molar-refractivity contribution in [3.8, 4) is 5.75 Å². The molecule has 1 aliphatic heterocycles. The molecule has 2 N–H and O–H groups in total. The number of morpholine rings is 1. The molecule has 0 amide bonds. The zero-order valence-electron chi connectivity index (χ0n) is 13.2. The van der Waals surface area contributed by atoms with Crippen molar-refractivity contribution in [2.75, 3.05) is 39.5 Å². The Labute approximate surface area is 134 Å². The maximum atomic E-state index is 11.4. The number of benzene rings is 1. The van der Waals surface area contributed by atoms with Gasteiger partial charge in [0.2, 0.25) is 0 Å². The molecule has 2 heterocycles. The fraction of sp³-hybridized carbons (Fsp3) is 0.471. The van der Waals surface area contributed by atoms with Crippen molar-refractivity contribution in [1.82, 2.24) is 0 Å². The van der Waals surface area contributed by atoms with Gasteiger partial charge < -0.3 is 23.9 Å². The molecule has 0 unspecified atom stereocenters. The van der Waals surface area contributed by atoms with Crippen molar-refractivity contribution >= 4 is 11.0 Å². The number of nitrogens with one attached hydrogen (secondary N) is 1. The molecule has 6 heteroatoms. The van der Waals surface area contributed by atoms with Crippen LogP contribution in [-0.2, 0) is 4.74 Å². The number of aryl methyl sites for hydroxylation is 1. The third kappa shape index (κ3) is 4.10. The van der Waals surface area contributed by atoms with E-state index in [1.165, 1.54) is 11.0 Å². The van der Waals surface area contributed by atoms with Crippen LogP contribution in [0.4, 0.5) is 0 Å². The van der Waals surface area contributed by atoms with Crippen LogP contribution >= 0.6 is 0 Å². The molecule has 0 radical (unpaired) electrons. The lowest BCUT2D eigenvalue weighted by atomic mass is 10.1. The van der Waals surface area contributed by atoms with Gasteiger partial charge in [0.05, 0.1) is 13.2 Å². The molecule has 6 nitrogen and oxygen atoms in total. The molecule has 1 aromatic carbocycles. The van der Waals surface area contributed by atoms with Gasteiger partial charge >= 0.3 is 5.63 Å².